The fourth-order valence-electron chi connectivity index (χ4n) is 2.53. The van der Waals surface area contributed by atoms with Gasteiger partial charge in [-0.05, 0) is 67.1 Å². The van der Waals surface area contributed by atoms with Crippen LogP contribution in [0.25, 0.3) is 6.08 Å². The van der Waals surface area contributed by atoms with Crippen molar-refractivity contribution in [3.05, 3.63) is 55.9 Å². The Morgan fingerprint density at radius 3 is 2.60 bits per heavy atom. The van der Waals surface area contributed by atoms with Crippen LogP contribution in [0.2, 0.25) is 15.1 Å². The summed E-state index contributed by atoms with van der Waals surface area (Å²) >= 11 is 19.6. The SMILES string of the molecule is CCC(C)Oc1c(Cl)cc(/C=C2\SC(=Nc3ccc(Cl)c(Cl)c3)NC2=O)cc1OC. The van der Waals surface area contributed by atoms with Gasteiger partial charge in [0.25, 0.3) is 5.91 Å². The zero-order chi connectivity index (χ0) is 21.8. The molecule has 2 aromatic carbocycles. The minimum Gasteiger partial charge on any atom is -0.493 e. The summed E-state index contributed by atoms with van der Waals surface area (Å²) in [4.78, 5) is 17.3. The first-order chi connectivity index (χ1) is 14.3. The van der Waals surface area contributed by atoms with Crippen LogP contribution in [-0.4, -0.2) is 24.3 Å². The first-order valence-electron chi connectivity index (χ1n) is 9.09. The Kier molecular flexibility index (Phi) is 7.58. The highest BCUT2D eigenvalue weighted by molar-refractivity contribution is 8.18. The average molecular weight is 486 g/mol. The number of benzene rings is 2. The van der Waals surface area contributed by atoms with Crippen LogP contribution in [0.5, 0.6) is 11.5 Å². The van der Waals surface area contributed by atoms with Gasteiger partial charge in [0.15, 0.2) is 16.7 Å². The second kappa shape index (κ2) is 9.96. The molecule has 0 spiro atoms. The maximum absolute atomic E-state index is 12.4. The molecule has 0 aromatic heterocycles. The molecule has 0 aliphatic carbocycles. The fraction of sp³-hybridized carbons (Fsp3) is 0.238. The van der Waals surface area contributed by atoms with Crippen LogP contribution in [0.15, 0.2) is 40.2 Å². The molecule has 0 saturated carbocycles. The van der Waals surface area contributed by atoms with E-state index in [9.17, 15) is 4.79 Å². The second-order valence-corrected chi connectivity index (χ2v) is 8.70. The van der Waals surface area contributed by atoms with Gasteiger partial charge >= 0.3 is 0 Å². The summed E-state index contributed by atoms with van der Waals surface area (Å²) in [5.41, 5.74) is 1.30. The summed E-state index contributed by atoms with van der Waals surface area (Å²) < 4.78 is 11.3. The Hall–Kier alpha value is -1.86. The lowest BCUT2D eigenvalue weighted by Gasteiger charge is -2.17. The van der Waals surface area contributed by atoms with Gasteiger partial charge in [0.2, 0.25) is 0 Å². The minimum absolute atomic E-state index is 0.00286. The molecule has 1 fully saturated rings. The predicted molar refractivity (Wildman–Crippen MR) is 126 cm³/mol. The molecule has 1 amide bonds. The number of ether oxygens (including phenoxy) is 2. The number of nitrogens with one attached hydrogen (secondary N) is 1. The predicted octanol–water partition coefficient (Wildman–Crippen LogP) is 6.72. The molecule has 1 atom stereocenters. The number of carbonyl (C=O) groups is 1. The number of nitrogens with zero attached hydrogens (tertiary/aromatic N) is 1. The molecule has 1 N–H and O–H groups in total. The number of amides is 1. The maximum atomic E-state index is 12.4. The van der Waals surface area contributed by atoms with Gasteiger partial charge in [-0.2, -0.15) is 0 Å². The highest BCUT2D eigenvalue weighted by Crippen LogP contribution is 2.39. The number of aliphatic imine (C=N–C) groups is 1. The van der Waals surface area contributed by atoms with Crippen molar-refractivity contribution >= 4 is 69.4 Å². The van der Waals surface area contributed by atoms with Gasteiger partial charge in [0, 0.05) is 0 Å². The monoisotopic (exact) mass is 484 g/mol. The molecule has 2 aromatic rings. The molecule has 3 rings (SSSR count). The van der Waals surface area contributed by atoms with E-state index >= 15 is 0 Å². The van der Waals surface area contributed by atoms with Gasteiger partial charge in [-0.3, -0.25) is 4.79 Å². The van der Waals surface area contributed by atoms with E-state index in [-0.39, 0.29) is 12.0 Å². The van der Waals surface area contributed by atoms with Crippen molar-refractivity contribution in [2.75, 3.05) is 7.11 Å². The summed E-state index contributed by atoms with van der Waals surface area (Å²) in [6, 6.07) is 8.51. The molecular weight excluding hydrogens is 467 g/mol. The van der Waals surface area contributed by atoms with Gasteiger partial charge in [-0.1, -0.05) is 41.7 Å². The Morgan fingerprint density at radius 2 is 1.93 bits per heavy atom. The number of hydrogen-bond donors (Lipinski definition) is 1. The number of halogens is 3. The average Bonchev–Trinajstić information content (AvgIpc) is 3.05. The Balaban J connectivity index is 1.86. The minimum atomic E-state index is -0.256. The van der Waals surface area contributed by atoms with Crippen molar-refractivity contribution in [1.82, 2.24) is 5.32 Å². The standard InChI is InChI=1S/C21H19Cl3N2O3S/c1-4-11(2)29-19-16(24)7-12(8-17(19)28-3)9-18-20(27)26-21(30-18)25-13-5-6-14(22)15(23)10-13/h5-11H,4H2,1-3H3,(H,25,26,27)/b18-9-. The molecule has 1 unspecified atom stereocenters. The van der Waals surface area contributed by atoms with E-state index in [0.717, 1.165) is 6.42 Å². The summed E-state index contributed by atoms with van der Waals surface area (Å²) in [7, 11) is 1.55. The smallest absolute Gasteiger partial charge is 0.264 e. The van der Waals surface area contributed by atoms with Crippen molar-refractivity contribution in [1.29, 1.82) is 0 Å². The van der Waals surface area contributed by atoms with Gasteiger partial charge < -0.3 is 14.8 Å². The highest BCUT2D eigenvalue weighted by atomic mass is 35.5. The summed E-state index contributed by atoms with van der Waals surface area (Å²) in [6.07, 6.45) is 2.55. The second-order valence-electron chi connectivity index (χ2n) is 6.45. The number of thioether (sulfide) groups is 1. The molecule has 1 heterocycles. The number of amidine groups is 1. The van der Waals surface area contributed by atoms with E-state index < -0.39 is 0 Å². The van der Waals surface area contributed by atoms with Crippen molar-refractivity contribution in [2.24, 2.45) is 4.99 Å². The number of methoxy groups -OCH3 is 1. The van der Waals surface area contributed by atoms with Gasteiger partial charge in [-0.15, -0.1) is 0 Å². The number of carbonyl (C=O) groups excluding carboxylic acids is 1. The summed E-state index contributed by atoms with van der Waals surface area (Å²) in [6.45, 7) is 3.98. The Bertz CT molecular complexity index is 1040. The molecule has 1 aliphatic rings. The van der Waals surface area contributed by atoms with E-state index in [4.69, 9.17) is 44.3 Å². The Morgan fingerprint density at radius 1 is 1.17 bits per heavy atom. The highest BCUT2D eigenvalue weighted by Gasteiger charge is 2.24. The van der Waals surface area contributed by atoms with E-state index in [1.54, 1.807) is 43.5 Å². The molecule has 9 heteroatoms. The van der Waals surface area contributed by atoms with E-state index in [1.165, 1.54) is 11.8 Å². The van der Waals surface area contributed by atoms with Crippen LogP contribution >= 0.6 is 46.6 Å². The maximum Gasteiger partial charge on any atom is 0.264 e. The zero-order valence-electron chi connectivity index (χ0n) is 16.5. The van der Waals surface area contributed by atoms with Gasteiger partial charge in [0.05, 0.1) is 38.9 Å². The number of hydrogen-bond acceptors (Lipinski definition) is 5. The van der Waals surface area contributed by atoms with Crippen molar-refractivity contribution in [3.63, 3.8) is 0 Å². The fourth-order valence-corrected chi connectivity index (χ4v) is 3.92. The quantitative estimate of drug-likeness (QED) is 0.461. The summed E-state index contributed by atoms with van der Waals surface area (Å²) in [5.74, 6) is 0.734. The largest absolute Gasteiger partial charge is 0.493 e. The van der Waals surface area contributed by atoms with Crippen LogP contribution < -0.4 is 14.8 Å². The summed E-state index contributed by atoms with van der Waals surface area (Å²) in [5, 5.41) is 4.43. The third kappa shape index (κ3) is 5.43. The molecule has 1 saturated heterocycles. The molecule has 30 heavy (non-hydrogen) atoms. The van der Waals surface area contributed by atoms with Gasteiger partial charge in [0.1, 0.15) is 0 Å². The lowest BCUT2D eigenvalue weighted by molar-refractivity contribution is -0.115. The van der Waals surface area contributed by atoms with Crippen molar-refractivity contribution in [3.8, 4) is 11.5 Å². The van der Waals surface area contributed by atoms with E-state index in [0.29, 0.717) is 47.9 Å². The van der Waals surface area contributed by atoms with Crippen LogP contribution in [0.3, 0.4) is 0 Å². The third-order valence-corrected chi connectivity index (χ3v) is 6.16. The first kappa shape index (κ1) is 22.8. The normalized spacial score (nSPS) is 17.3. The van der Waals surface area contributed by atoms with Crippen molar-refractivity contribution < 1.29 is 14.3 Å². The first-order valence-corrected chi connectivity index (χ1v) is 11.0. The molecular formula is C21H19Cl3N2O3S. The third-order valence-electron chi connectivity index (χ3n) is 4.23. The van der Waals surface area contributed by atoms with Crippen LogP contribution in [0.4, 0.5) is 5.69 Å². The molecule has 5 nitrogen and oxygen atoms in total. The Labute approximate surface area is 194 Å². The van der Waals surface area contributed by atoms with Crippen LogP contribution in [-0.2, 0) is 4.79 Å². The topological polar surface area (TPSA) is 59.9 Å². The van der Waals surface area contributed by atoms with Crippen LogP contribution in [0, 0.1) is 0 Å². The molecule has 0 bridgehead atoms. The lowest BCUT2D eigenvalue weighted by atomic mass is 10.1. The molecule has 0 radical (unpaired) electrons. The van der Waals surface area contributed by atoms with Gasteiger partial charge in [-0.25, -0.2) is 4.99 Å². The lowest BCUT2D eigenvalue weighted by Crippen LogP contribution is -2.19. The van der Waals surface area contributed by atoms with E-state index in [2.05, 4.69) is 10.3 Å². The number of rotatable bonds is 6. The van der Waals surface area contributed by atoms with Crippen LogP contribution in [0.1, 0.15) is 25.8 Å². The zero-order valence-corrected chi connectivity index (χ0v) is 19.5. The van der Waals surface area contributed by atoms with Crippen molar-refractivity contribution in [2.45, 2.75) is 26.4 Å². The molecule has 158 valence electrons. The molecule has 1 aliphatic heterocycles. The van der Waals surface area contributed by atoms with E-state index in [1.807, 2.05) is 13.8 Å².